The topological polar surface area (TPSA) is 46.2 Å². The molecule has 1 fully saturated rings. The summed E-state index contributed by atoms with van der Waals surface area (Å²) in [7, 11) is -2.80. The predicted molar refractivity (Wildman–Crippen MR) is 63.8 cm³/mol. The second kappa shape index (κ2) is 5.85. The van der Waals surface area contributed by atoms with Crippen molar-refractivity contribution in [2.75, 3.05) is 18.1 Å². The van der Waals surface area contributed by atoms with Gasteiger partial charge in [0, 0.05) is 18.3 Å². The first-order valence-corrected chi connectivity index (χ1v) is 7.81. The second-order valence-corrected chi connectivity index (χ2v) is 6.92. The van der Waals surface area contributed by atoms with E-state index < -0.39 is 9.84 Å². The van der Waals surface area contributed by atoms with E-state index in [0.29, 0.717) is 30.0 Å². The average molecular weight is 233 g/mol. The molecule has 1 aliphatic carbocycles. The maximum absolute atomic E-state index is 11.4. The van der Waals surface area contributed by atoms with E-state index in [0.717, 1.165) is 6.42 Å². The molecule has 15 heavy (non-hydrogen) atoms. The van der Waals surface area contributed by atoms with E-state index in [1.54, 1.807) is 0 Å². The maximum atomic E-state index is 11.4. The van der Waals surface area contributed by atoms with Crippen LogP contribution in [0.3, 0.4) is 0 Å². The van der Waals surface area contributed by atoms with Crippen LogP contribution in [0.1, 0.15) is 39.5 Å². The first kappa shape index (κ1) is 13.0. The van der Waals surface area contributed by atoms with Gasteiger partial charge >= 0.3 is 0 Å². The minimum absolute atomic E-state index is 0.296. The molecule has 0 spiro atoms. The van der Waals surface area contributed by atoms with Crippen LogP contribution in [0.25, 0.3) is 0 Å². The Morgan fingerprint density at radius 2 is 2.00 bits per heavy atom. The van der Waals surface area contributed by atoms with Gasteiger partial charge in [-0.25, -0.2) is 8.42 Å². The Morgan fingerprint density at radius 1 is 1.27 bits per heavy atom. The van der Waals surface area contributed by atoms with E-state index in [1.807, 2.05) is 6.92 Å². The average Bonchev–Trinajstić information content (AvgIpc) is 2.51. The SMILES string of the molecule is CCCS(=O)(=O)CCNC1CCCC1C. The molecule has 1 rings (SSSR count). The predicted octanol–water partition coefficient (Wildman–Crippen LogP) is 1.59. The number of sulfone groups is 1. The third-order valence-electron chi connectivity index (χ3n) is 3.20. The molecule has 0 heterocycles. The van der Waals surface area contributed by atoms with Gasteiger partial charge in [0.25, 0.3) is 0 Å². The highest BCUT2D eigenvalue weighted by Gasteiger charge is 2.22. The maximum Gasteiger partial charge on any atom is 0.151 e. The molecule has 0 aromatic carbocycles. The van der Waals surface area contributed by atoms with Crippen LogP contribution in [0.5, 0.6) is 0 Å². The zero-order valence-corrected chi connectivity index (χ0v) is 10.6. The van der Waals surface area contributed by atoms with Crippen LogP contribution >= 0.6 is 0 Å². The molecule has 1 saturated carbocycles. The van der Waals surface area contributed by atoms with Gasteiger partial charge in [-0.1, -0.05) is 20.3 Å². The molecule has 0 aromatic rings. The number of nitrogens with one attached hydrogen (secondary N) is 1. The highest BCUT2D eigenvalue weighted by molar-refractivity contribution is 7.91. The normalized spacial score (nSPS) is 27.1. The Bertz CT molecular complexity index is 274. The van der Waals surface area contributed by atoms with Gasteiger partial charge in [-0.3, -0.25) is 0 Å². The molecule has 3 nitrogen and oxygen atoms in total. The molecule has 1 aliphatic rings. The van der Waals surface area contributed by atoms with Crippen molar-refractivity contribution in [2.45, 2.75) is 45.6 Å². The van der Waals surface area contributed by atoms with Crippen LogP contribution in [0.15, 0.2) is 0 Å². The van der Waals surface area contributed by atoms with Crippen LogP contribution in [-0.2, 0) is 9.84 Å². The Hall–Kier alpha value is -0.0900. The first-order chi connectivity index (χ1) is 7.05. The number of hydrogen-bond donors (Lipinski definition) is 1. The Labute approximate surface area is 93.6 Å². The molecule has 90 valence electrons. The van der Waals surface area contributed by atoms with Crippen LogP contribution in [0.2, 0.25) is 0 Å². The third kappa shape index (κ3) is 4.51. The highest BCUT2D eigenvalue weighted by atomic mass is 32.2. The van der Waals surface area contributed by atoms with Crippen LogP contribution in [0.4, 0.5) is 0 Å². The molecule has 0 radical (unpaired) electrons. The zero-order chi connectivity index (χ0) is 11.3. The van der Waals surface area contributed by atoms with Crippen molar-refractivity contribution in [2.24, 2.45) is 5.92 Å². The van der Waals surface area contributed by atoms with Gasteiger partial charge in [0.05, 0.1) is 5.75 Å². The van der Waals surface area contributed by atoms with Crippen molar-refractivity contribution in [3.63, 3.8) is 0 Å². The molecular weight excluding hydrogens is 210 g/mol. The summed E-state index contributed by atoms with van der Waals surface area (Å²) in [6.45, 7) is 4.77. The molecular formula is C11H23NO2S. The second-order valence-electron chi connectivity index (χ2n) is 4.62. The van der Waals surface area contributed by atoms with Gasteiger partial charge in [0.15, 0.2) is 9.84 Å². The Morgan fingerprint density at radius 3 is 2.53 bits per heavy atom. The minimum atomic E-state index is -2.80. The summed E-state index contributed by atoms with van der Waals surface area (Å²) < 4.78 is 22.9. The molecule has 2 unspecified atom stereocenters. The smallest absolute Gasteiger partial charge is 0.151 e. The lowest BCUT2D eigenvalue weighted by molar-refractivity contribution is 0.437. The molecule has 0 aliphatic heterocycles. The van der Waals surface area contributed by atoms with Crippen molar-refractivity contribution in [1.82, 2.24) is 5.32 Å². The molecule has 2 atom stereocenters. The van der Waals surface area contributed by atoms with Crippen molar-refractivity contribution in [3.8, 4) is 0 Å². The lowest BCUT2D eigenvalue weighted by Gasteiger charge is -2.16. The lowest BCUT2D eigenvalue weighted by Crippen LogP contribution is -2.35. The van der Waals surface area contributed by atoms with Crippen molar-refractivity contribution >= 4 is 9.84 Å². The fraction of sp³-hybridized carbons (Fsp3) is 1.00. The van der Waals surface area contributed by atoms with E-state index in [4.69, 9.17) is 0 Å². The van der Waals surface area contributed by atoms with Crippen LogP contribution < -0.4 is 5.32 Å². The summed E-state index contributed by atoms with van der Waals surface area (Å²) in [5.74, 6) is 1.33. The summed E-state index contributed by atoms with van der Waals surface area (Å²) in [5, 5.41) is 3.37. The fourth-order valence-corrected chi connectivity index (χ4v) is 3.52. The summed E-state index contributed by atoms with van der Waals surface area (Å²) >= 11 is 0. The van der Waals surface area contributed by atoms with E-state index in [9.17, 15) is 8.42 Å². The van der Waals surface area contributed by atoms with Crippen LogP contribution in [0, 0.1) is 5.92 Å². The summed E-state index contributed by atoms with van der Waals surface area (Å²) in [4.78, 5) is 0. The number of hydrogen-bond acceptors (Lipinski definition) is 3. The van der Waals surface area contributed by atoms with Gasteiger partial charge in [-0.15, -0.1) is 0 Å². The molecule has 0 aromatic heterocycles. The molecule has 4 heteroatoms. The Kier molecular flexibility index (Phi) is 5.06. The van der Waals surface area contributed by atoms with Crippen molar-refractivity contribution in [1.29, 1.82) is 0 Å². The van der Waals surface area contributed by atoms with Crippen LogP contribution in [-0.4, -0.2) is 32.5 Å². The van der Waals surface area contributed by atoms with Crippen molar-refractivity contribution in [3.05, 3.63) is 0 Å². The van der Waals surface area contributed by atoms with Gasteiger partial charge in [-0.05, 0) is 25.2 Å². The van der Waals surface area contributed by atoms with Crippen molar-refractivity contribution < 1.29 is 8.42 Å². The van der Waals surface area contributed by atoms with E-state index in [1.165, 1.54) is 19.3 Å². The lowest BCUT2D eigenvalue weighted by atomic mass is 10.1. The molecule has 1 N–H and O–H groups in total. The fourth-order valence-electron chi connectivity index (χ4n) is 2.26. The van der Waals surface area contributed by atoms with Gasteiger partial charge < -0.3 is 5.32 Å². The third-order valence-corrected chi connectivity index (χ3v) is 5.05. The minimum Gasteiger partial charge on any atom is -0.313 e. The molecule has 0 amide bonds. The monoisotopic (exact) mass is 233 g/mol. The highest BCUT2D eigenvalue weighted by Crippen LogP contribution is 2.24. The summed E-state index contributed by atoms with van der Waals surface area (Å²) in [6, 6.07) is 0.543. The van der Waals surface area contributed by atoms with Gasteiger partial charge in [-0.2, -0.15) is 0 Å². The van der Waals surface area contributed by atoms with E-state index in [-0.39, 0.29) is 0 Å². The molecule has 0 bridgehead atoms. The Balaban J connectivity index is 2.21. The van der Waals surface area contributed by atoms with Gasteiger partial charge in [0.1, 0.15) is 0 Å². The first-order valence-electron chi connectivity index (χ1n) is 5.99. The van der Waals surface area contributed by atoms with Gasteiger partial charge in [0.2, 0.25) is 0 Å². The van der Waals surface area contributed by atoms with E-state index in [2.05, 4.69) is 12.2 Å². The standard InChI is InChI=1S/C11H23NO2S/c1-3-8-15(13,14)9-7-12-11-6-4-5-10(11)2/h10-12H,3-9H2,1-2H3. The summed E-state index contributed by atoms with van der Waals surface area (Å²) in [5.41, 5.74) is 0. The zero-order valence-electron chi connectivity index (χ0n) is 9.83. The van der Waals surface area contributed by atoms with E-state index >= 15 is 0 Å². The largest absolute Gasteiger partial charge is 0.313 e. The number of rotatable bonds is 6. The summed E-state index contributed by atoms with van der Waals surface area (Å²) in [6.07, 6.45) is 4.48. The quantitative estimate of drug-likeness (QED) is 0.758. The molecule has 0 saturated heterocycles.